The summed E-state index contributed by atoms with van der Waals surface area (Å²) in [7, 11) is 0. The summed E-state index contributed by atoms with van der Waals surface area (Å²) >= 11 is 5.09. The fourth-order valence-corrected chi connectivity index (χ4v) is 6.10. The number of alkyl halides is 1. The molecule has 0 saturated heterocycles. The van der Waals surface area contributed by atoms with E-state index in [1.165, 1.54) is 76.2 Å². The lowest BCUT2D eigenvalue weighted by molar-refractivity contribution is 0.0525. The summed E-state index contributed by atoms with van der Waals surface area (Å²) < 4.78 is 5.04. The number of hydrogen-bond donors (Lipinski definition) is 1. The van der Waals surface area contributed by atoms with E-state index in [9.17, 15) is 4.79 Å². The van der Waals surface area contributed by atoms with Gasteiger partial charge in [0, 0.05) is 12.2 Å². The van der Waals surface area contributed by atoms with Crippen LogP contribution in [0.2, 0.25) is 0 Å². The van der Waals surface area contributed by atoms with Crippen molar-refractivity contribution in [2.24, 2.45) is 5.10 Å². The largest absolute Gasteiger partial charge is 0.350 e. The van der Waals surface area contributed by atoms with Crippen molar-refractivity contribution < 1.29 is 9.53 Å². The second-order valence-corrected chi connectivity index (χ2v) is 12.1. The average Bonchev–Trinajstić information content (AvgIpc) is 3.42. The monoisotopic (exact) mass is 595 g/mol. The lowest BCUT2D eigenvalue weighted by Crippen LogP contribution is -2.42. The van der Waals surface area contributed by atoms with Crippen LogP contribution in [-0.4, -0.2) is 33.1 Å². The van der Waals surface area contributed by atoms with Crippen LogP contribution in [0.4, 0.5) is 0 Å². The Hall–Kier alpha value is -0.890. The Morgan fingerprint density at radius 3 is 2.05 bits per heavy atom. The summed E-state index contributed by atoms with van der Waals surface area (Å²) in [5.74, 6) is -0.108. The molecule has 2 rings (SSSR count). The van der Waals surface area contributed by atoms with Gasteiger partial charge in [-0.1, -0.05) is 135 Å². The summed E-state index contributed by atoms with van der Waals surface area (Å²) in [6.07, 6.45) is 19.9. The summed E-state index contributed by atoms with van der Waals surface area (Å²) in [5, 5.41) is 7.35. The van der Waals surface area contributed by atoms with Gasteiger partial charge in [0.05, 0.1) is 6.04 Å². The quantitative estimate of drug-likeness (QED) is 0.0625. The Morgan fingerprint density at radius 1 is 0.919 bits per heavy atom. The summed E-state index contributed by atoms with van der Waals surface area (Å²) in [4.78, 5) is 16.9. The first kappa shape index (κ1) is 32.3. The summed E-state index contributed by atoms with van der Waals surface area (Å²) in [5.41, 5.74) is 0.619. The number of halogens is 1. The third-order valence-electron chi connectivity index (χ3n) is 7.04. The number of hydrazone groups is 1. The first-order chi connectivity index (χ1) is 18.1. The van der Waals surface area contributed by atoms with Gasteiger partial charge in [-0.25, -0.2) is 5.12 Å². The molecule has 210 valence electrons. The Kier molecular flexibility index (Phi) is 16.8. The van der Waals surface area contributed by atoms with Crippen LogP contribution in [-0.2, 0) is 4.74 Å². The molecule has 2 atom stereocenters. The van der Waals surface area contributed by atoms with E-state index in [0.717, 1.165) is 38.5 Å². The number of hydrogen-bond acceptors (Lipinski definition) is 6. The third kappa shape index (κ3) is 11.4. The van der Waals surface area contributed by atoms with Crippen LogP contribution < -0.4 is 4.83 Å². The number of Topliss-reactive ketones (excluding diaryl/α,β-unsaturated/α-hetero) is 1. The van der Waals surface area contributed by atoms with Crippen molar-refractivity contribution in [1.29, 1.82) is 0 Å². The first-order valence-corrected chi connectivity index (χ1v) is 16.4. The molecule has 0 aromatic heterocycles. The lowest BCUT2D eigenvalue weighted by atomic mass is 10.1. The highest BCUT2D eigenvalue weighted by atomic mass is 79.9. The maximum atomic E-state index is 13.6. The zero-order valence-corrected chi connectivity index (χ0v) is 25.9. The van der Waals surface area contributed by atoms with Crippen molar-refractivity contribution in [2.45, 2.75) is 134 Å². The predicted molar refractivity (Wildman–Crippen MR) is 163 cm³/mol. The van der Waals surface area contributed by atoms with Crippen LogP contribution in [0.15, 0.2) is 35.4 Å². The molecule has 0 spiro atoms. The molecule has 2 unspecified atom stereocenters. The standard InChI is InChI=1S/C30H50BrN3O2S/c1-4-7-9-10-11-12-13-14-15-16-17-21-25-36-30(31,28(35)26-22-19-18-20-23-26)29-32-34(33-37-29)27(6-3)24-8-5-2/h18-20,22-23,27,33H,4-17,21,24-25H2,1-3H3. The second-order valence-electron chi connectivity index (χ2n) is 10.2. The normalized spacial score (nSPS) is 16.0. The maximum Gasteiger partial charge on any atom is 0.237 e. The molecule has 37 heavy (non-hydrogen) atoms. The molecule has 1 N–H and O–H groups in total. The lowest BCUT2D eigenvalue weighted by Gasteiger charge is -2.26. The van der Waals surface area contributed by atoms with Gasteiger partial charge >= 0.3 is 0 Å². The van der Waals surface area contributed by atoms with Crippen LogP contribution in [0.3, 0.4) is 0 Å². The highest BCUT2D eigenvalue weighted by Gasteiger charge is 2.46. The topological polar surface area (TPSA) is 53.9 Å². The molecule has 1 aromatic rings. The molecular weight excluding hydrogens is 546 g/mol. The minimum absolute atomic E-state index is 0.108. The van der Waals surface area contributed by atoms with Crippen molar-refractivity contribution in [2.75, 3.05) is 6.61 Å². The van der Waals surface area contributed by atoms with Crippen LogP contribution in [0.5, 0.6) is 0 Å². The molecule has 1 aliphatic rings. The Balaban J connectivity index is 1.85. The molecular formula is C30H50BrN3O2S. The van der Waals surface area contributed by atoms with E-state index in [-0.39, 0.29) is 5.78 Å². The van der Waals surface area contributed by atoms with Gasteiger partial charge in [-0.2, -0.15) is 9.93 Å². The van der Waals surface area contributed by atoms with Crippen molar-refractivity contribution in [3.05, 3.63) is 35.9 Å². The van der Waals surface area contributed by atoms with E-state index >= 15 is 0 Å². The fraction of sp³-hybridized carbons (Fsp3) is 0.733. The molecule has 0 bridgehead atoms. The number of unbranched alkanes of at least 4 members (excludes halogenated alkanes) is 12. The molecule has 1 heterocycles. The van der Waals surface area contributed by atoms with Crippen molar-refractivity contribution in [1.82, 2.24) is 9.95 Å². The van der Waals surface area contributed by atoms with Crippen LogP contribution in [0.25, 0.3) is 0 Å². The second kappa shape index (κ2) is 19.2. The van der Waals surface area contributed by atoms with E-state index in [0.29, 0.717) is 23.3 Å². The van der Waals surface area contributed by atoms with Gasteiger partial charge < -0.3 is 4.74 Å². The Labute approximate surface area is 239 Å². The van der Waals surface area contributed by atoms with Gasteiger partial charge in [-0.15, -0.1) is 0 Å². The number of ether oxygens (including phenoxy) is 1. The average molecular weight is 597 g/mol. The number of benzene rings is 1. The predicted octanol–water partition coefficient (Wildman–Crippen LogP) is 9.43. The highest BCUT2D eigenvalue weighted by molar-refractivity contribution is 9.10. The molecule has 0 aliphatic carbocycles. The molecule has 1 aromatic carbocycles. The third-order valence-corrected chi connectivity index (χ3v) is 9.11. The SMILES string of the molecule is CCCCCCCCCCCCCCOC(Br)(C(=O)c1ccccc1)C1=NN(C(CC)CCCC)NS1. The van der Waals surface area contributed by atoms with Gasteiger partial charge in [-0.05, 0) is 47.1 Å². The highest BCUT2D eigenvalue weighted by Crippen LogP contribution is 2.35. The zero-order valence-electron chi connectivity index (χ0n) is 23.5. The Morgan fingerprint density at radius 2 is 1.49 bits per heavy atom. The fourth-order valence-electron chi connectivity index (χ4n) is 4.61. The van der Waals surface area contributed by atoms with Crippen molar-refractivity contribution in [3.63, 3.8) is 0 Å². The van der Waals surface area contributed by atoms with Gasteiger partial charge in [0.15, 0.2) is 5.04 Å². The van der Waals surface area contributed by atoms with Crippen LogP contribution >= 0.6 is 27.9 Å². The van der Waals surface area contributed by atoms with E-state index in [2.05, 4.69) is 41.5 Å². The molecule has 0 fully saturated rings. The molecule has 0 amide bonds. The maximum absolute atomic E-state index is 13.6. The van der Waals surface area contributed by atoms with Gasteiger partial charge in [-0.3, -0.25) is 4.79 Å². The smallest absolute Gasteiger partial charge is 0.237 e. The van der Waals surface area contributed by atoms with Crippen molar-refractivity contribution in [3.8, 4) is 0 Å². The number of carbonyl (C=O) groups is 1. The van der Waals surface area contributed by atoms with Gasteiger partial charge in [0.1, 0.15) is 0 Å². The van der Waals surface area contributed by atoms with Crippen LogP contribution in [0, 0.1) is 0 Å². The number of carbonyl (C=O) groups excluding carboxylic acids is 1. The summed E-state index contributed by atoms with van der Waals surface area (Å²) in [6.45, 7) is 7.18. The zero-order chi connectivity index (χ0) is 26.8. The van der Waals surface area contributed by atoms with E-state index in [1.807, 2.05) is 35.4 Å². The number of nitrogens with one attached hydrogen (secondary N) is 1. The van der Waals surface area contributed by atoms with E-state index in [4.69, 9.17) is 9.84 Å². The molecule has 0 saturated carbocycles. The van der Waals surface area contributed by atoms with Gasteiger partial charge in [0.25, 0.3) is 0 Å². The molecule has 5 nitrogen and oxygen atoms in total. The van der Waals surface area contributed by atoms with E-state index in [1.54, 1.807) is 0 Å². The number of hydrazine groups is 1. The minimum atomic E-state index is -1.28. The van der Waals surface area contributed by atoms with Crippen LogP contribution in [0.1, 0.15) is 134 Å². The minimum Gasteiger partial charge on any atom is -0.350 e. The molecule has 1 aliphatic heterocycles. The van der Waals surface area contributed by atoms with E-state index < -0.39 is 4.51 Å². The Bertz CT molecular complexity index is 779. The summed E-state index contributed by atoms with van der Waals surface area (Å²) in [6, 6.07) is 9.67. The van der Waals surface area contributed by atoms with Crippen molar-refractivity contribution >= 4 is 38.7 Å². The first-order valence-electron chi connectivity index (χ1n) is 14.8. The molecule has 7 heteroatoms. The number of rotatable bonds is 22. The molecule has 0 radical (unpaired) electrons. The van der Waals surface area contributed by atoms with Gasteiger partial charge in [0.2, 0.25) is 10.3 Å². The number of nitrogens with zero attached hydrogens (tertiary/aromatic N) is 2. The number of ketones is 1.